The van der Waals surface area contributed by atoms with E-state index < -0.39 is 0 Å². The molecule has 1 fully saturated rings. The van der Waals surface area contributed by atoms with E-state index in [2.05, 4.69) is 19.9 Å². The molecule has 0 aliphatic heterocycles. The summed E-state index contributed by atoms with van der Waals surface area (Å²) >= 11 is 0. The lowest BCUT2D eigenvalue weighted by Gasteiger charge is -2.23. The Morgan fingerprint density at radius 3 is 3.00 bits per heavy atom. The molecule has 0 aromatic heterocycles. The van der Waals surface area contributed by atoms with Gasteiger partial charge in [-0.05, 0) is 24.7 Å². The quantitative estimate of drug-likeness (QED) is 0.484. The zero-order chi connectivity index (χ0) is 8.06. The lowest BCUT2D eigenvalue weighted by atomic mass is 9.80. The lowest BCUT2D eigenvalue weighted by molar-refractivity contribution is -0.118. The number of carbonyl (C=O) groups excluding carboxylic acids is 1. The molecule has 2 aliphatic rings. The van der Waals surface area contributed by atoms with Gasteiger partial charge >= 0.3 is 0 Å². The molecule has 0 amide bonds. The molecule has 0 saturated heterocycles. The molecule has 2 atom stereocenters. The van der Waals surface area contributed by atoms with Gasteiger partial charge in [0.15, 0.2) is 0 Å². The zero-order valence-electron chi connectivity index (χ0n) is 7.18. The van der Waals surface area contributed by atoms with Crippen LogP contribution in [0, 0.1) is 11.3 Å². The summed E-state index contributed by atoms with van der Waals surface area (Å²) in [6, 6.07) is 0. The third-order valence-electron chi connectivity index (χ3n) is 3.31. The minimum atomic E-state index is 0.307. The van der Waals surface area contributed by atoms with Gasteiger partial charge in [-0.3, -0.25) is 4.79 Å². The van der Waals surface area contributed by atoms with Crippen LogP contribution in [0.2, 0.25) is 0 Å². The van der Waals surface area contributed by atoms with Crippen LogP contribution >= 0.6 is 0 Å². The first-order valence-corrected chi connectivity index (χ1v) is 4.30. The summed E-state index contributed by atoms with van der Waals surface area (Å²) in [5.74, 6) is 1.04. The molecule has 2 rings (SSSR count). The summed E-state index contributed by atoms with van der Waals surface area (Å²) in [4.78, 5) is 11.2. The lowest BCUT2D eigenvalue weighted by Crippen LogP contribution is -2.16. The smallest absolute Gasteiger partial charge is 0.134 e. The third kappa shape index (κ3) is 0.867. The van der Waals surface area contributed by atoms with Crippen molar-refractivity contribution in [3.8, 4) is 0 Å². The number of Topliss-reactive ketones (excluding diaryl/α,β-unsaturated/α-hetero) is 1. The molecule has 1 nitrogen and oxygen atoms in total. The number of hydrogen-bond acceptors (Lipinski definition) is 1. The van der Waals surface area contributed by atoms with Gasteiger partial charge in [0.25, 0.3) is 0 Å². The van der Waals surface area contributed by atoms with Crippen molar-refractivity contribution in [2.75, 3.05) is 0 Å². The highest BCUT2D eigenvalue weighted by atomic mass is 16.1. The van der Waals surface area contributed by atoms with E-state index in [-0.39, 0.29) is 0 Å². The molecular formula is C10H14O. The second-order valence-corrected chi connectivity index (χ2v) is 4.28. The van der Waals surface area contributed by atoms with E-state index in [9.17, 15) is 4.79 Å². The van der Waals surface area contributed by atoms with Crippen molar-refractivity contribution in [1.82, 2.24) is 0 Å². The van der Waals surface area contributed by atoms with Gasteiger partial charge in [0.05, 0.1) is 0 Å². The fraction of sp³-hybridized carbons (Fsp3) is 0.700. The normalized spacial score (nSPS) is 42.5. The molecule has 0 radical (unpaired) electrons. The number of ketones is 1. The Morgan fingerprint density at radius 2 is 2.36 bits per heavy atom. The molecule has 0 bridgehead atoms. The van der Waals surface area contributed by atoms with Crippen LogP contribution < -0.4 is 0 Å². The maximum atomic E-state index is 11.2. The van der Waals surface area contributed by atoms with Gasteiger partial charge in [0, 0.05) is 12.8 Å². The zero-order valence-corrected chi connectivity index (χ0v) is 7.18. The minimum absolute atomic E-state index is 0.307. The second kappa shape index (κ2) is 1.96. The second-order valence-electron chi connectivity index (χ2n) is 4.28. The van der Waals surface area contributed by atoms with Crippen LogP contribution in [0.1, 0.15) is 33.1 Å². The van der Waals surface area contributed by atoms with Crippen LogP contribution in [-0.4, -0.2) is 5.78 Å². The maximum absolute atomic E-state index is 11.2. The highest BCUT2D eigenvalue weighted by molar-refractivity contribution is 5.83. The number of fused-ring (bicyclic) bond motifs is 1. The van der Waals surface area contributed by atoms with Crippen molar-refractivity contribution in [3.63, 3.8) is 0 Å². The van der Waals surface area contributed by atoms with Crippen molar-refractivity contribution < 1.29 is 4.79 Å². The molecule has 0 unspecified atom stereocenters. The van der Waals surface area contributed by atoms with Crippen LogP contribution in [0.3, 0.4) is 0 Å². The molecule has 0 N–H and O–H groups in total. The van der Waals surface area contributed by atoms with Crippen LogP contribution in [0.25, 0.3) is 0 Å². The van der Waals surface area contributed by atoms with Crippen LogP contribution in [-0.2, 0) is 4.79 Å². The Labute approximate surface area is 67.5 Å². The molecule has 60 valence electrons. The summed E-state index contributed by atoms with van der Waals surface area (Å²) in [7, 11) is 0. The van der Waals surface area contributed by atoms with Gasteiger partial charge in [0.2, 0.25) is 0 Å². The van der Waals surface area contributed by atoms with Crippen molar-refractivity contribution in [2.45, 2.75) is 33.1 Å². The van der Waals surface area contributed by atoms with Gasteiger partial charge in [-0.2, -0.15) is 0 Å². The molecule has 1 saturated carbocycles. The van der Waals surface area contributed by atoms with Gasteiger partial charge in [-0.15, -0.1) is 0 Å². The summed E-state index contributed by atoms with van der Waals surface area (Å²) < 4.78 is 0. The molecule has 0 heterocycles. The first-order chi connectivity index (χ1) is 5.12. The van der Waals surface area contributed by atoms with Crippen LogP contribution in [0.4, 0.5) is 0 Å². The number of carbonyl (C=O) groups is 1. The SMILES string of the molecule is CC1=CC[C@@]2(C)CC(=O)C[C@@H]12. The average Bonchev–Trinajstić information content (AvgIpc) is 2.32. The summed E-state index contributed by atoms with van der Waals surface area (Å²) in [6.45, 7) is 4.41. The number of allylic oxidation sites excluding steroid dienone is 2. The minimum Gasteiger partial charge on any atom is -0.300 e. The Bertz CT molecular complexity index is 239. The molecule has 1 heteroatoms. The third-order valence-corrected chi connectivity index (χ3v) is 3.31. The Hall–Kier alpha value is -0.590. The van der Waals surface area contributed by atoms with Crippen molar-refractivity contribution in [3.05, 3.63) is 11.6 Å². The topological polar surface area (TPSA) is 17.1 Å². The van der Waals surface area contributed by atoms with Gasteiger partial charge in [0.1, 0.15) is 5.78 Å². The Balaban J connectivity index is 2.31. The number of hydrogen-bond donors (Lipinski definition) is 0. The van der Waals surface area contributed by atoms with Crippen molar-refractivity contribution in [2.24, 2.45) is 11.3 Å². The Morgan fingerprint density at radius 1 is 1.64 bits per heavy atom. The molecule has 0 aromatic carbocycles. The van der Waals surface area contributed by atoms with E-state index in [1.165, 1.54) is 5.57 Å². The van der Waals surface area contributed by atoms with Crippen LogP contribution in [0.5, 0.6) is 0 Å². The largest absolute Gasteiger partial charge is 0.300 e. The standard InChI is InChI=1S/C10H14O/c1-7-3-4-10(2)6-8(11)5-9(7)10/h3,9H,4-6H2,1-2H3/t9-,10-/m0/s1. The van der Waals surface area contributed by atoms with Gasteiger partial charge in [-0.1, -0.05) is 18.6 Å². The summed E-state index contributed by atoms with van der Waals surface area (Å²) in [5, 5.41) is 0. The van der Waals surface area contributed by atoms with Crippen molar-refractivity contribution >= 4 is 5.78 Å². The van der Waals surface area contributed by atoms with Gasteiger partial charge in [-0.25, -0.2) is 0 Å². The first kappa shape index (κ1) is 7.08. The molecule has 11 heavy (non-hydrogen) atoms. The summed E-state index contributed by atoms with van der Waals surface area (Å²) in [5.41, 5.74) is 1.75. The predicted molar refractivity (Wildman–Crippen MR) is 44.2 cm³/mol. The molecule has 0 spiro atoms. The van der Waals surface area contributed by atoms with E-state index >= 15 is 0 Å². The first-order valence-electron chi connectivity index (χ1n) is 4.30. The van der Waals surface area contributed by atoms with Gasteiger partial charge < -0.3 is 0 Å². The molecular weight excluding hydrogens is 136 g/mol. The van der Waals surface area contributed by atoms with E-state index in [0.717, 1.165) is 19.3 Å². The van der Waals surface area contributed by atoms with E-state index in [4.69, 9.17) is 0 Å². The van der Waals surface area contributed by atoms with Crippen LogP contribution in [0.15, 0.2) is 11.6 Å². The average molecular weight is 150 g/mol. The predicted octanol–water partition coefficient (Wildman–Crippen LogP) is 2.32. The maximum Gasteiger partial charge on any atom is 0.134 e. The van der Waals surface area contributed by atoms with E-state index in [1.54, 1.807) is 0 Å². The number of rotatable bonds is 0. The fourth-order valence-electron chi connectivity index (χ4n) is 2.58. The summed E-state index contributed by atoms with van der Waals surface area (Å²) in [6.07, 6.45) is 5.04. The highest BCUT2D eigenvalue weighted by Gasteiger charge is 2.45. The van der Waals surface area contributed by atoms with E-state index in [0.29, 0.717) is 17.1 Å². The monoisotopic (exact) mass is 150 g/mol. The Kier molecular flexibility index (Phi) is 1.26. The molecule has 0 aromatic rings. The van der Waals surface area contributed by atoms with Crippen molar-refractivity contribution in [1.29, 1.82) is 0 Å². The molecule has 2 aliphatic carbocycles. The fourth-order valence-corrected chi connectivity index (χ4v) is 2.58. The van der Waals surface area contributed by atoms with E-state index in [1.807, 2.05) is 0 Å². The highest BCUT2D eigenvalue weighted by Crippen LogP contribution is 2.51.